The number of benzene rings is 3. The number of hydrogen-bond donors (Lipinski definition) is 0. The molecule has 1 aromatic heterocycles. The molecule has 0 saturated heterocycles. The Morgan fingerprint density at radius 3 is 1.66 bits per heavy atom. The fourth-order valence-electron chi connectivity index (χ4n) is 3.21. The highest BCUT2D eigenvalue weighted by Crippen LogP contribution is 2.38. The summed E-state index contributed by atoms with van der Waals surface area (Å²) in [6.07, 6.45) is 1.33. The normalized spacial score (nSPS) is 12.3. The molecule has 0 aliphatic rings. The van der Waals surface area contributed by atoms with Crippen molar-refractivity contribution in [2.45, 2.75) is 14.4 Å². The average Bonchev–Trinajstić information content (AvgIpc) is 2.75. The van der Waals surface area contributed by atoms with Gasteiger partial charge in [-0.05, 0) is 36.4 Å². The number of hydrogen-bond acceptors (Lipinski definition) is 5. The van der Waals surface area contributed by atoms with Crippen LogP contribution in [-0.2, 0) is 19.7 Å². The van der Waals surface area contributed by atoms with Gasteiger partial charge in [-0.1, -0.05) is 54.6 Å². The summed E-state index contributed by atoms with van der Waals surface area (Å²) in [6.45, 7) is 0. The first-order valence-corrected chi connectivity index (χ1v) is 11.9. The number of nitrogens with zero attached hydrogens (tertiary/aromatic N) is 1. The Morgan fingerprint density at radius 2 is 1.10 bits per heavy atom. The zero-order valence-corrected chi connectivity index (χ0v) is 16.8. The third-order valence-corrected chi connectivity index (χ3v) is 9.64. The van der Waals surface area contributed by atoms with Gasteiger partial charge < -0.3 is 0 Å². The molecule has 0 spiro atoms. The van der Waals surface area contributed by atoms with Gasteiger partial charge in [0.05, 0.1) is 15.3 Å². The zero-order chi connectivity index (χ0) is 20.5. The maximum atomic E-state index is 13.5. The van der Waals surface area contributed by atoms with Gasteiger partial charge in [-0.25, -0.2) is 16.8 Å². The lowest BCUT2D eigenvalue weighted by molar-refractivity contribution is 0.576. The Balaban J connectivity index is 1.99. The molecule has 0 aliphatic carbocycles. The highest BCUT2D eigenvalue weighted by atomic mass is 32.3. The lowest BCUT2D eigenvalue weighted by Crippen LogP contribution is -2.23. The van der Waals surface area contributed by atoms with Crippen molar-refractivity contribution in [3.63, 3.8) is 0 Å². The van der Waals surface area contributed by atoms with Crippen LogP contribution in [-0.4, -0.2) is 21.8 Å². The van der Waals surface area contributed by atoms with Crippen LogP contribution < -0.4 is 0 Å². The molecular formula is C22H17NO4S2. The Bertz CT molecular complexity index is 1300. The quantitative estimate of drug-likeness (QED) is 0.481. The van der Waals surface area contributed by atoms with Crippen molar-refractivity contribution in [3.05, 3.63) is 103 Å². The molecule has 0 saturated carbocycles. The molecular weight excluding hydrogens is 406 g/mol. The van der Waals surface area contributed by atoms with E-state index in [1.54, 1.807) is 60.7 Å². The zero-order valence-electron chi connectivity index (χ0n) is 15.2. The van der Waals surface area contributed by atoms with E-state index < -0.39 is 24.3 Å². The Morgan fingerprint density at radius 1 is 0.621 bits per heavy atom. The van der Waals surface area contributed by atoms with Crippen LogP contribution in [0, 0.1) is 0 Å². The number of sulfone groups is 2. The molecule has 4 rings (SSSR count). The predicted octanol–water partition coefficient (Wildman–Crippen LogP) is 4.18. The maximum absolute atomic E-state index is 13.5. The van der Waals surface area contributed by atoms with Gasteiger partial charge in [0.25, 0.3) is 0 Å². The highest BCUT2D eigenvalue weighted by molar-refractivity contribution is 8.08. The first-order chi connectivity index (χ1) is 13.9. The van der Waals surface area contributed by atoms with Crippen molar-refractivity contribution < 1.29 is 16.8 Å². The summed E-state index contributed by atoms with van der Waals surface area (Å²) >= 11 is 0. The summed E-state index contributed by atoms with van der Waals surface area (Å²) in [5.74, 6) is 0. The summed E-state index contributed by atoms with van der Waals surface area (Å²) in [4.78, 5) is 4.17. The van der Waals surface area contributed by atoms with Gasteiger partial charge in [0, 0.05) is 17.1 Å². The van der Waals surface area contributed by atoms with Gasteiger partial charge in [0.2, 0.25) is 0 Å². The van der Waals surface area contributed by atoms with E-state index in [1.165, 1.54) is 30.5 Å². The number of fused-ring (bicyclic) bond motifs is 1. The molecule has 0 fully saturated rings. The standard InChI is InChI=1S/C22H17NO4S2/c24-28(25,19-10-3-1-4-11-19)22(29(26,27)20-12-5-2-6-13-20)18-15-17-9-7-8-14-21(17)23-16-18/h1-16,22H. The second kappa shape index (κ2) is 7.42. The van der Waals surface area contributed by atoms with Gasteiger partial charge >= 0.3 is 0 Å². The third-order valence-electron chi connectivity index (χ3n) is 4.59. The van der Waals surface area contributed by atoms with E-state index in [-0.39, 0.29) is 15.4 Å². The number of aromatic nitrogens is 1. The summed E-state index contributed by atoms with van der Waals surface area (Å²) in [7, 11) is -8.51. The smallest absolute Gasteiger partial charge is 0.200 e. The van der Waals surface area contributed by atoms with Crippen LogP contribution in [0.15, 0.2) is 107 Å². The van der Waals surface area contributed by atoms with Gasteiger partial charge in [-0.2, -0.15) is 0 Å². The molecule has 0 unspecified atom stereocenters. The fourth-order valence-corrected chi connectivity index (χ4v) is 7.75. The summed E-state index contributed by atoms with van der Waals surface area (Å²) in [6, 6.07) is 24.0. The lowest BCUT2D eigenvalue weighted by atomic mass is 10.2. The van der Waals surface area contributed by atoms with Crippen LogP contribution in [0.25, 0.3) is 10.9 Å². The Kier molecular flexibility index (Phi) is 4.94. The van der Waals surface area contributed by atoms with E-state index in [2.05, 4.69) is 4.98 Å². The topological polar surface area (TPSA) is 81.2 Å². The molecule has 7 heteroatoms. The van der Waals surface area contributed by atoms with Crippen LogP contribution in [0.3, 0.4) is 0 Å². The van der Waals surface area contributed by atoms with Crippen molar-refractivity contribution in [1.82, 2.24) is 4.98 Å². The van der Waals surface area contributed by atoms with Crippen LogP contribution in [0.2, 0.25) is 0 Å². The SMILES string of the molecule is O=S(=O)(c1ccccc1)C(c1cnc2ccccc2c1)S(=O)(=O)c1ccccc1. The van der Waals surface area contributed by atoms with E-state index in [0.717, 1.165) is 0 Å². The second-order valence-corrected chi connectivity index (χ2v) is 10.9. The fraction of sp³-hybridized carbons (Fsp3) is 0.0455. The molecule has 0 N–H and O–H groups in total. The first-order valence-electron chi connectivity index (χ1n) is 8.83. The lowest BCUT2D eigenvalue weighted by Gasteiger charge is -2.19. The summed E-state index contributed by atoms with van der Waals surface area (Å²) in [5.41, 5.74) is 0.764. The van der Waals surface area contributed by atoms with Crippen LogP contribution >= 0.6 is 0 Å². The van der Waals surface area contributed by atoms with E-state index >= 15 is 0 Å². The monoisotopic (exact) mass is 423 g/mol. The Hall–Kier alpha value is -3.03. The molecule has 0 radical (unpaired) electrons. The van der Waals surface area contributed by atoms with E-state index in [1.807, 2.05) is 6.07 Å². The predicted molar refractivity (Wildman–Crippen MR) is 112 cm³/mol. The number of para-hydroxylation sites is 1. The van der Waals surface area contributed by atoms with Crippen LogP contribution in [0.5, 0.6) is 0 Å². The van der Waals surface area contributed by atoms with Gasteiger partial charge in [0.15, 0.2) is 24.3 Å². The van der Waals surface area contributed by atoms with Crippen molar-refractivity contribution in [3.8, 4) is 0 Å². The minimum atomic E-state index is -4.26. The first kappa shape index (κ1) is 19.3. The van der Waals surface area contributed by atoms with E-state index in [0.29, 0.717) is 10.9 Å². The molecule has 29 heavy (non-hydrogen) atoms. The molecule has 5 nitrogen and oxygen atoms in total. The molecule has 0 aliphatic heterocycles. The molecule has 146 valence electrons. The van der Waals surface area contributed by atoms with E-state index in [9.17, 15) is 16.8 Å². The van der Waals surface area contributed by atoms with Crippen molar-refractivity contribution in [2.24, 2.45) is 0 Å². The molecule has 4 aromatic rings. The minimum Gasteiger partial charge on any atom is -0.256 e. The second-order valence-electron chi connectivity index (χ2n) is 6.51. The average molecular weight is 424 g/mol. The maximum Gasteiger partial charge on any atom is 0.200 e. The number of rotatable bonds is 5. The molecule has 0 amide bonds. The molecule has 0 bridgehead atoms. The summed E-state index contributed by atoms with van der Waals surface area (Å²) < 4.78 is 52.1. The van der Waals surface area contributed by atoms with Crippen molar-refractivity contribution in [1.29, 1.82) is 0 Å². The van der Waals surface area contributed by atoms with Crippen molar-refractivity contribution >= 4 is 30.6 Å². The van der Waals surface area contributed by atoms with Gasteiger partial charge in [-0.15, -0.1) is 0 Å². The van der Waals surface area contributed by atoms with Gasteiger partial charge in [0.1, 0.15) is 0 Å². The van der Waals surface area contributed by atoms with Gasteiger partial charge in [-0.3, -0.25) is 4.98 Å². The number of pyridine rings is 1. The van der Waals surface area contributed by atoms with E-state index in [4.69, 9.17) is 0 Å². The molecule has 0 atom stereocenters. The van der Waals surface area contributed by atoms with Crippen molar-refractivity contribution in [2.75, 3.05) is 0 Å². The third kappa shape index (κ3) is 3.54. The van der Waals surface area contributed by atoms with Crippen LogP contribution in [0.4, 0.5) is 0 Å². The molecule has 1 heterocycles. The minimum absolute atomic E-state index is 0.0577. The largest absolute Gasteiger partial charge is 0.256 e. The Labute approximate surface area is 169 Å². The molecule has 3 aromatic carbocycles. The highest BCUT2D eigenvalue weighted by Gasteiger charge is 2.41. The van der Waals surface area contributed by atoms with Crippen LogP contribution in [0.1, 0.15) is 10.1 Å². The summed E-state index contributed by atoms with van der Waals surface area (Å²) in [5, 5.41) is 0.668.